The molecular weight excluding hydrogens is 434 g/mol. The SMILES string of the molecule is CCC1(c2ccccc2)CCC2(CC1)CN(c1ccc(C(=O)N(C)C)cc1)C(=O)N2CC1CCC1. The molecule has 5 nitrogen and oxygen atoms in total. The molecule has 5 rings (SSSR count). The first kappa shape index (κ1) is 23.9. The van der Waals surface area contributed by atoms with Gasteiger partial charge in [-0.15, -0.1) is 0 Å². The first-order valence-corrected chi connectivity index (χ1v) is 13.3. The first-order valence-electron chi connectivity index (χ1n) is 13.3. The van der Waals surface area contributed by atoms with Gasteiger partial charge in [-0.1, -0.05) is 43.7 Å². The summed E-state index contributed by atoms with van der Waals surface area (Å²) in [6, 6.07) is 18.7. The standard InChI is InChI=1S/C30H39N3O2/c1-4-29(25-11-6-5-7-12-25)17-19-30(20-18-29)22-32(28(35)33(30)21-23-9-8-10-23)26-15-13-24(14-16-26)27(34)31(2)3/h5-7,11-16,23H,4,8-10,17-22H2,1-3H3. The maximum Gasteiger partial charge on any atom is 0.325 e. The predicted molar refractivity (Wildman–Crippen MR) is 141 cm³/mol. The number of urea groups is 1. The van der Waals surface area contributed by atoms with Crippen molar-refractivity contribution in [3.05, 3.63) is 65.7 Å². The van der Waals surface area contributed by atoms with E-state index in [9.17, 15) is 9.59 Å². The lowest BCUT2D eigenvalue weighted by Gasteiger charge is -2.49. The van der Waals surface area contributed by atoms with E-state index in [1.54, 1.807) is 19.0 Å². The summed E-state index contributed by atoms with van der Waals surface area (Å²) in [7, 11) is 3.52. The first-order chi connectivity index (χ1) is 16.9. The number of anilines is 1. The fourth-order valence-corrected chi connectivity index (χ4v) is 6.51. The van der Waals surface area contributed by atoms with Gasteiger partial charge in [0.15, 0.2) is 0 Å². The van der Waals surface area contributed by atoms with Crippen LogP contribution >= 0.6 is 0 Å². The molecule has 0 radical (unpaired) electrons. The molecule has 35 heavy (non-hydrogen) atoms. The van der Waals surface area contributed by atoms with Crippen molar-refractivity contribution >= 4 is 17.6 Å². The van der Waals surface area contributed by atoms with E-state index < -0.39 is 0 Å². The molecule has 3 aliphatic rings. The minimum atomic E-state index is -0.0990. The smallest absolute Gasteiger partial charge is 0.325 e. The molecule has 2 aromatic rings. The Bertz CT molecular complexity index is 1050. The summed E-state index contributed by atoms with van der Waals surface area (Å²) in [6.45, 7) is 3.95. The van der Waals surface area contributed by atoms with E-state index in [1.807, 2.05) is 29.2 Å². The summed E-state index contributed by atoms with van der Waals surface area (Å²) in [6.07, 6.45) is 9.22. The van der Waals surface area contributed by atoms with Crippen molar-refractivity contribution in [2.75, 3.05) is 32.1 Å². The van der Waals surface area contributed by atoms with E-state index in [4.69, 9.17) is 0 Å². The average Bonchev–Trinajstić information content (AvgIpc) is 3.13. The van der Waals surface area contributed by atoms with Crippen LogP contribution in [-0.4, -0.2) is 54.5 Å². The number of carbonyl (C=O) groups is 2. The summed E-state index contributed by atoms with van der Waals surface area (Å²) in [5.41, 5.74) is 3.11. The molecule has 5 heteroatoms. The fraction of sp³-hybridized carbons (Fsp3) is 0.533. The normalized spacial score (nSPS) is 26.8. The zero-order valence-electron chi connectivity index (χ0n) is 21.5. The average molecular weight is 474 g/mol. The Labute approximate surface area is 210 Å². The van der Waals surface area contributed by atoms with Gasteiger partial charge in [0.1, 0.15) is 0 Å². The van der Waals surface area contributed by atoms with E-state index >= 15 is 0 Å². The van der Waals surface area contributed by atoms with Crippen molar-refractivity contribution in [2.24, 2.45) is 5.92 Å². The van der Waals surface area contributed by atoms with Gasteiger partial charge in [0.25, 0.3) is 5.91 Å². The van der Waals surface area contributed by atoms with Crippen LogP contribution < -0.4 is 4.90 Å². The highest BCUT2D eigenvalue weighted by atomic mass is 16.2. The monoisotopic (exact) mass is 473 g/mol. The second-order valence-corrected chi connectivity index (χ2v) is 11.2. The zero-order chi connectivity index (χ0) is 24.6. The molecule has 3 fully saturated rings. The molecule has 1 spiro atoms. The molecule has 0 unspecified atom stereocenters. The molecule has 186 valence electrons. The van der Waals surface area contributed by atoms with Gasteiger partial charge in [-0.2, -0.15) is 0 Å². The van der Waals surface area contributed by atoms with Crippen LogP contribution in [-0.2, 0) is 5.41 Å². The quantitative estimate of drug-likeness (QED) is 0.509. The number of amides is 3. The van der Waals surface area contributed by atoms with Gasteiger partial charge in [0, 0.05) is 31.9 Å². The van der Waals surface area contributed by atoms with Crippen molar-refractivity contribution in [3.63, 3.8) is 0 Å². The Hall–Kier alpha value is -2.82. The third-order valence-electron chi connectivity index (χ3n) is 9.19. The fourth-order valence-electron chi connectivity index (χ4n) is 6.51. The van der Waals surface area contributed by atoms with Crippen LogP contribution in [0.15, 0.2) is 54.6 Å². The van der Waals surface area contributed by atoms with Crippen LogP contribution in [0.1, 0.15) is 74.2 Å². The van der Waals surface area contributed by atoms with Crippen molar-refractivity contribution in [2.45, 2.75) is 69.2 Å². The van der Waals surface area contributed by atoms with Crippen LogP contribution in [0.3, 0.4) is 0 Å². The van der Waals surface area contributed by atoms with Crippen molar-refractivity contribution in [1.82, 2.24) is 9.80 Å². The van der Waals surface area contributed by atoms with Gasteiger partial charge in [-0.25, -0.2) is 4.79 Å². The zero-order valence-corrected chi connectivity index (χ0v) is 21.5. The Morgan fingerprint density at radius 3 is 2.17 bits per heavy atom. The molecule has 1 aliphatic heterocycles. The molecule has 2 aromatic carbocycles. The Balaban J connectivity index is 1.40. The van der Waals surface area contributed by atoms with Gasteiger partial charge in [-0.3, -0.25) is 9.69 Å². The summed E-state index contributed by atoms with van der Waals surface area (Å²) in [5, 5.41) is 0. The summed E-state index contributed by atoms with van der Waals surface area (Å²) >= 11 is 0. The van der Waals surface area contributed by atoms with Crippen LogP contribution in [0.5, 0.6) is 0 Å². The second-order valence-electron chi connectivity index (χ2n) is 11.2. The van der Waals surface area contributed by atoms with Gasteiger partial charge >= 0.3 is 6.03 Å². The highest BCUT2D eigenvalue weighted by Crippen LogP contribution is 2.50. The Kier molecular flexibility index (Phi) is 6.37. The minimum absolute atomic E-state index is 0.0172. The molecule has 0 bridgehead atoms. The summed E-state index contributed by atoms with van der Waals surface area (Å²) in [5.74, 6) is 0.624. The maximum absolute atomic E-state index is 13.9. The van der Waals surface area contributed by atoms with E-state index in [0.29, 0.717) is 11.5 Å². The number of hydrogen-bond donors (Lipinski definition) is 0. The van der Waals surface area contributed by atoms with Gasteiger partial charge < -0.3 is 9.80 Å². The number of nitrogens with zero attached hydrogens (tertiary/aromatic N) is 3. The topological polar surface area (TPSA) is 43.9 Å². The largest absolute Gasteiger partial charge is 0.345 e. The second kappa shape index (κ2) is 9.33. The van der Waals surface area contributed by atoms with Gasteiger partial charge in [0.2, 0.25) is 0 Å². The molecule has 1 heterocycles. The molecule has 1 saturated heterocycles. The lowest BCUT2D eigenvalue weighted by molar-refractivity contribution is 0.0648. The van der Waals surface area contributed by atoms with E-state index in [-0.39, 0.29) is 22.9 Å². The third kappa shape index (κ3) is 4.23. The van der Waals surface area contributed by atoms with Crippen molar-refractivity contribution in [3.8, 4) is 0 Å². The number of rotatable bonds is 6. The Morgan fingerprint density at radius 2 is 1.63 bits per heavy atom. The number of hydrogen-bond acceptors (Lipinski definition) is 2. The van der Waals surface area contributed by atoms with Gasteiger partial charge in [0.05, 0.1) is 12.1 Å². The summed E-state index contributed by atoms with van der Waals surface area (Å²) < 4.78 is 0. The van der Waals surface area contributed by atoms with E-state index in [2.05, 4.69) is 42.2 Å². The molecule has 2 aliphatic carbocycles. The van der Waals surface area contributed by atoms with Crippen LogP contribution in [0, 0.1) is 5.92 Å². The van der Waals surface area contributed by atoms with Gasteiger partial charge in [-0.05, 0) is 86.1 Å². The van der Waals surface area contributed by atoms with Crippen molar-refractivity contribution in [1.29, 1.82) is 0 Å². The molecule has 0 atom stereocenters. The van der Waals surface area contributed by atoms with E-state index in [0.717, 1.165) is 50.9 Å². The lowest BCUT2D eigenvalue weighted by atomic mass is 9.62. The Morgan fingerprint density at radius 1 is 0.971 bits per heavy atom. The molecule has 2 saturated carbocycles. The van der Waals surface area contributed by atoms with Crippen LogP contribution in [0.4, 0.5) is 10.5 Å². The molecular formula is C30H39N3O2. The highest BCUT2D eigenvalue weighted by molar-refractivity contribution is 5.97. The van der Waals surface area contributed by atoms with E-state index in [1.165, 1.54) is 24.8 Å². The molecule has 0 aromatic heterocycles. The third-order valence-corrected chi connectivity index (χ3v) is 9.19. The highest BCUT2D eigenvalue weighted by Gasteiger charge is 2.54. The summed E-state index contributed by atoms with van der Waals surface area (Å²) in [4.78, 5) is 32.0. The molecule has 0 N–H and O–H groups in total. The van der Waals surface area contributed by atoms with Crippen LogP contribution in [0.25, 0.3) is 0 Å². The van der Waals surface area contributed by atoms with Crippen molar-refractivity contribution < 1.29 is 9.59 Å². The number of benzene rings is 2. The predicted octanol–water partition coefficient (Wildman–Crippen LogP) is 6.09. The lowest BCUT2D eigenvalue weighted by Crippen LogP contribution is -2.53. The molecule has 3 amide bonds. The maximum atomic E-state index is 13.9. The minimum Gasteiger partial charge on any atom is -0.345 e. The number of carbonyl (C=O) groups excluding carboxylic acids is 2. The van der Waals surface area contributed by atoms with Crippen LogP contribution in [0.2, 0.25) is 0 Å².